The largest absolute Gasteiger partial charge is 0.467 e. The molecular weight excluding hydrogens is 356 g/mol. The molecule has 0 radical (unpaired) electrons. The van der Waals surface area contributed by atoms with Crippen LogP contribution in [0.5, 0.6) is 0 Å². The highest BCUT2D eigenvalue weighted by atomic mass is 16.5. The Balaban J connectivity index is 1.80. The summed E-state index contributed by atoms with van der Waals surface area (Å²) in [7, 11) is 1.32. The summed E-state index contributed by atoms with van der Waals surface area (Å²) in [6.07, 6.45) is 3.93. The first-order valence-corrected chi connectivity index (χ1v) is 9.27. The second kappa shape index (κ2) is 8.65. The molecule has 1 N–H and O–H groups in total. The van der Waals surface area contributed by atoms with E-state index in [0.29, 0.717) is 17.8 Å². The number of esters is 1. The molecule has 3 aromatic rings. The first-order valence-electron chi connectivity index (χ1n) is 9.27. The molecule has 0 aliphatic heterocycles. The topological polar surface area (TPSA) is 86.1 Å². The lowest BCUT2D eigenvalue weighted by molar-refractivity contribution is -0.144. The highest BCUT2D eigenvalue weighted by Crippen LogP contribution is 2.16. The molecule has 0 bridgehead atoms. The molecule has 1 amide bonds. The van der Waals surface area contributed by atoms with E-state index in [2.05, 4.69) is 15.4 Å². The Morgan fingerprint density at radius 2 is 1.96 bits per heavy atom. The molecule has 0 saturated carbocycles. The number of carbonyl (C=O) groups is 2. The summed E-state index contributed by atoms with van der Waals surface area (Å²) < 4.78 is 6.61. The van der Waals surface area contributed by atoms with Gasteiger partial charge in [0.05, 0.1) is 25.4 Å². The summed E-state index contributed by atoms with van der Waals surface area (Å²) >= 11 is 0. The van der Waals surface area contributed by atoms with Crippen molar-refractivity contribution in [1.82, 2.24) is 20.1 Å². The van der Waals surface area contributed by atoms with Crippen molar-refractivity contribution in [2.75, 3.05) is 7.11 Å². The van der Waals surface area contributed by atoms with Crippen LogP contribution in [-0.4, -0.2) is 39.8 Å². The van der Waals surface area contributed by atoms with Gasteiger partial charge in [-0.25, -0.2) is 14.5 Å². The zero-order chi connectivity index (χ0) is 20.1. The molecule has 0 aliphatic rings. The highest BCUT2D eigenvalue weighted by molar-refractivity contribution is 5.98. The van der Waals surface area contributed by atoms with E-state index in [1.54, 1.807) is 16.9 Å². The molecule has 7 nitrogen and oxygen atoms in total. The van der Waals surface area contributed by atoms with Crippen molar-refractivity contribution in [1.29, 1.82) is 0 Å². The summed E-state index contributed by atoms with van der Waals surface area (Å²) in [6, 6.07) is 11.0. The Morgan fingerprint density at radius 1 is 1.21 bits per heavy atom. The third-order valence-electron chi connectivity index (χ3n) is 4.87. The van der Waals surface area contributed by atoms with Crippen LogP contribution in [-0.2, 0) is 16.1 Å². The van der Waals surface area contributed by atoms with Crippen molar-refractivity contribution < 1.29 is 14.3 Å². The number of carbonyl (C=O) groups excluding carboxylic acids is 2. The van der Waals surface area contributed by atoms with Gasteiger partial charge in [-0.2, -0.15) is 5.10 Å². The molecule has 0 aliphatic carbocycles. The maximum atomic E-state index is 12.7. The number of pyridine rings is 1. The van der Waals surface area contributed by atoms with Crippen LogP contribution in [0.25, 0.3) is 11.0 Å². The van der Waals surface area contributed by atoms with Crippen LogP contribution in [0, 0.1) is 5.92 Å². The Morgan fingerprint density at radius 3 is 2.64 bits per heavy atom. The van der Waals surface area contributed by atoms with Gasteiger partial charge in [0.1, 0.15) is 6.04 Å². The van der Waals surface area contributed by atoms with Crippen molar-refractivity contribution in [3.05, 3.63) is 59.9 Å². The quantitative estimate of drug-likeness (QED) is 0.637. The maximum Gasteiger partial charge on any atom is 0.328 e. The monoisotopic (exact) mass is 380 g/mol. The summed E-state index contributed by atoms with van der Waals surface area (Å²) in [4.78, 5) is 29.1. The smallest absolute Gasteiger partial charge is 0.328 e. The SMILES string of the molecule is CCC(C)C(NC(=O)c1cnc2c(cnn2Cc2ccccc2)c1)C(=O)OC. The predicted octanol–water partition coefficient (Wildman–Crippen LogP) is 2.80. The van der Waals surface area contributed by atoms with E-state index in [4.69, 9.17) is 4.74 Å². The summed E-state index contributed by atoms with van der Waals surface area (Å²) in [5.41, 5.74) is 2.20. The van der Waals surface area contributed by atoms with Crippen molar-refractivity contribution in [2.24, 2.45) is 5.92 Å². The van der Waals surface area contributed by atoms with Crippen LogP contribution < -0.4 is 5.32 Å². The molecule has 146 valence electrons. The zero-order valence-corrected chi connectivity index (χ0v) is 16.3. The molecule has 28 heavy (non-hydrogen) atoms. The summed E-state index contributed by atoms with van der Waals surface area (Å²) in [6.45, 7) is 4.46. The van der Waals surface area contributed by atoms with Gasteiger partial charge in [0.15, 0.2) is 5.65 Å². The van der Waals surface area contributed by atoms with Crippen LogP contribution in [0.15, 0.2) is 48.8 Å². The Bertz CT molecular complexity index is 968. The molecule has 3 rings (SSSR count). The lowest BCUT2D eigenvalue weighted by Crippen LogP contribution is -2.45. The van der Waals surface area contributed by atoms with Crippen molar-refractivity contribution in [2.45, 2.75) is 32.9 Å². The molecule has 2 aromatic heterocycles. The molecule has 2 heterocycles. The number of nitrogens with zero attached hydrogens (tertiary/aromatic N) is 3. The number of amides is 1. The van der Waals surface area contributed by atoms with E-state index in [1.165, 1.54) is 13.3 Å². The molecule has 1 aromatic carbocycles. The number of methoxy groups -OCH3 is 1. The fourth-order valence-electron chi connectivity index (χ4n) is 2.99. The van der Waals surface area contributed by atoms with E-state index < -0.39 is 12.0 Å². The van der Waals surface area contributed by atoms with Crippen LogP contribution in [0.1, 0.15) is 36.2 Å². The van der Waals surface area contributed by atoms with E-state index >= 15 is 0 Å². The van der Waals surface area contributed by atoms with Crippen LogP contribution in [0.2, 0.25) is 0 Å². The first kappa shape index (κ1) is 19.5. The lowest BCUT2D eigenvalue weighted by atomic mass is 9.99. The van der Waals surface area contributed by atoms with Gasteiger partial charge >= 0.3 is 5.97 Å². The third kappa shape index (κ3) is 4.19. The number of rotatable bonds is 7. The van der Waals surface area contributed by atoms with E-state index in [-0.39, 0.29) is 11.8 Å². The second-order valence-electron chi connectivity index (χ2n) is 6.78. The van der Waals surface area contributed by atoms with E-state index in [1.807, 2.05) is 44.2 Å². The maximum absolute atomic E-state index is 12.7. The Labute approximate surface area is 163 Å². The number of nitrogens with one attached hydrogen (secondary N) is 1. The van der Waals surface area contributed by atoms with Crippen molar-refractivity contribution in [3.63, 3.8) is 0 Å². The minimum atomic E-state index is -0.695. The van der Waals surface area contributed by atoms with E-state index in [9.17, 15) is 9.59 Å². The van der Waals surface area contributed by atoms with Gasteiger partial charge < -0.3 is 10.1 Å². The van der Waals surface area contributed by atoms with Crippen LogP contribution >= 0.6 is 0 Å². The number of aromatic nitrogens is 3. The fourth-order valence-corrected chi connectivity index (χ4v) is 2.99. The minimum absolute atomic E-state index is 0.0401. The van der Waals surface area contributed by atoms with Crippen LogP contribution in [0.4, 0.5) is 0 Å². The number of hydrogen-bond acceptors (Lipinski definition) is 5. The number of fused-ring (bicyclic) bond motifs is 1. The molecule has 7 heteroatoms. The average Bonchev–Trinajstić information content (AvgIpc) is 3.13. The molecule has 0 saturated heterocycles. The summed E-state index contributed by atoms with van der Waals surface area (Å²) in [5, 5.41) is 7.91. The van der Waals surface area contributed by atoms with Gasteiger partial charge in [-0.15, -0.1) is 0 Å². The van der Waals surface area contributed by atoms with Gasteiger partial charge in [-0.1, -0.05) is 50.6 Å². The van der Waals surface area contributed by atoms with Crippen molar-refractivity contribution in [3.8, 4) is 0 Å². The molecular formula is C21H24N4O3. The molecule has 2 atom stereocenters. The van der Waals surface area contributed by atoms with Gasteiger partial charge in [0, 0.05) is 11.6 Å². The normalized spacial score (nSPS) is 13.1. The molecule has 0 fully saturated rings. The highest BCUT2D eigenvalue weighted by Gasteiger charge is 2.27. The zero-order valence-electron chi connectivity index (χ0n) is 16.3. The molecule has 0 spiro atoms. The fraction of sp³-hybridized carbons (Fsp3) is 0.333. The minimum Gasteiger partial charge on any atom is -0.467 e. The third-order valence-corrected chi connectivity index (χ3v) is 4.87. The second-order valence-corrected chi connectivity index (χ2v) is 6.78. The number of ether oxygens (including phenoxy) is 1. The molecule has 2 unspecified atom stereocenters. The average molecular weight is 380 g/mol. The first-order chi connectivity index (χ1) is 13.5. The van der Waals surface area contributed by atoms with Crippen molar-refractivity contribution >= 4 is 22.9 Å². The Hall–Kier alpha value is -3.22. The van der Waals surface area contributed by atoms with Crippen LogP contribution in [0.3, 0.4) is 0 Å². The van der Waals surface area contributed by atoms with E-state index in [0.717, 1.165) is 17.4 Å². The number of hydrogen-bond donors (Lipinski definition) is 1. The Kier molecular flexibility index (Phi) is 6.03. The lowest BCUT2D eigenvalue weighted by Gasteiger charge is -2.21. The predicted molar refractivity (Wildman–Crippen MR) is 106 cm³/mol. The van der Waals surface area contributed by atoms with Gasteiger partial charge in [0.25, 0.3) is 5.91 Å². The number of benzene rings is 1. The van der Waals surface area contributed by atoms with Gasteiger partial charge in [0.2, 0.25) is 0 Å². The van der Waals surface area contributed by atoms with Gasteiger partial charge in [-0.05, 0) is 17.5 Å². The van der Waals surface area contributed by atoms with Gasteiger partial charge in [-0.3, -0.25) is 4.79 Å². The summed E-state index contributed by atoms with van der Waals surface area (Å²) in [5.74, 6) is -0.852. The standard InChI is InChI=1S/C21H24N4O3/c1-4-14(2)18(21(27)28-3)24-20(26)17-10-16-12-23-25(19(16)22-11-17)13-15-8-6-5-7-9-15/h5-12,14,18H,4,13H2,1-3H3,(H,24,26).